The van der Waals surface area contributed by atoms with Crippen molar-refractivity contribution in [1.29, 1.82) is 10.5 Å². The molecule has 7 heteroatoms. The first kappa shape index (κ1) is 13.1. The third-order valence-electron chi connectivity index (χ3n) is 3.09. The molecule has 0 fully saturated rings. The van der Waals surface area contributed by atoms with E-state index in [-0.39, 0.29) is 11.4 Å². The molecule has 1 aromatic carbocycles. The summed E-state index contributed by atoms with van der Waals surface area (Å²) in [5, 5.41) is 27.4. The lowest BCUT2D eigenvalue weighted by Gasteiger charge is -2.07. The van der Waals surface area contributed by atoms with Crippen molar-refractivity contribution in [3.63, 3.8) is 0 Å². The van der Waals surface area contributed by atoms with Crippen molar-refractivity contribution in [2.24, 2.45) is 0 Å². The normalized spacial score (nSPS) is 12.4. The molecule has 2 heterocycles. The third-order valence-corrected chi connectivity index (χ3v) is 3.09. The number of nitriles is 2. The van der Waals surface area contributed by atoms with E-state index in [1.165, 1.54) is 12.3 Å². The van der Waals surface area contributed by atoms with Gasteiger partial charge in [0.05, 0.1) is 12.2 Å². The van der Waals surface area contributed by atoms with Gasteiger partial charge >= 0.3 is 7.12 Å². The molecule has 1 aromatic heterocycles. The quantitative estimate of drug-likeness (QED) is 0.816. The Labute approximate surface area is 120 Å². The molecule has 21 heavy (non-hydrogen) atoms. The number of benzene rings is 1. The van der Waals surface area contributed by atoms with Crippen molar-refractivity contribution in [3.05, 3.63) is 47.2 Å². The minimum atomic E-state index is -0.906. The molecule has 0 amide bonds. The number of aromatic nitrogens is 1. The van der Waals surface area contributed by atoms with Gasteiger partial charge in [-0.2, -0.15) is 10.5 Å². The number of ether oxygens (including phenoxy) is 1. The fraction of sp³-hybridized carbons (Fsp3) is 0.0714. The van der Waals surface area contributed by atoms with Gasteiger partial charge in [0.15, 0.2) is 0 Å². The number of hydrogen-bond acceptors (Lipinski definition) is 6. The van der Waals surface area contributed by atoms with Crippen molar-refractivity contribution in [2.45, 2.75) is 6.61 Å². The Bertz CT molecular complexity index is 795. The molecule has 1 N–H and O–H groups in total. The van der Waals surface area contributed by atoms with Gasteiger partial charge in [0.2, 0.25) is 5.88 Å². The van der Waals surface area contributed by atoms with E-state index in [1.807, 2.05) is 12.1 Å². The minimum absolute atomic E-state index is 0.135. The highest BCUT2D eigenvalue weighted by Gasteiger charge is 2.27. The summed E-state index contributed by atoms with van der Waals surface area (Å²) in [5.41, 5.74) is 2.01. The van der Waals surface area contributed by atoms with Crippen LogP contribution < -0.4 is 10.2 Å². The Morgan fingerprint density at radius 1 is 1.29 bits per heavy atom. The van der Waals surface area contributed by atoms with Crippen LogP contribution in [0.4, 0.5) is 0 Å². The summed E-state index contributed by atoms with van der Waals surface area (Å²) < 4.78 is 10.7. The molecule has 100 valence electrons. The van der Waals surface area contributed by atoms with Crippen LogP contribution in [-0.2, 0) is 11.3 Å². The molecule has 0 unspecified atom stereocenters. The van der Waals surface area contributed by atoms with Crippen LogP contribution in [0.25, 0.3) is 0 Å². The molecule has 6 nitrogen and oxygen atoms in total. The van der Waals surface area contributed by atoms with Gasteiger partial charge in [-0.3, -0.25) is 0 Å². The second-order valence-corrected chi connectivity index (χ2v) is 4.43. The molecule has 0 spiro atoms. The zero-order valence-electron chi connectivity index (χ0n) is 10.8. The number of nitrogens with zero attached hydrogens (tertiary/aromatic N) is 3. The van der Waals surface area contributed by atoms with Crippen molar-refractivity contribution in [2.75, 3.05) is 0 Å². The van der Waals surface area contributed by atoms with E-state index < -0.39 is 7.12 Å². The first-order valence-electron chi connectivity index (χ1n) is 6.12. The van der Waals surface area contributed by atoms with Gasteiger partial charge in [-0.1, -0.05) is 6.07 Å². The van der Waals surface area contributed by atoms with E-state index in [0.29, 0.717) is 23.4 Å². The predicted molar refractivity (Wildman–Crippen MR) is 72.6 cm³/mol. The van der Waals surface area contributed by atoms with Crippen LogP contribution in [-0.4, -0.2) is 17.1 Å². The van der Waals surface area contributed by atoms with Gasteiger partial charge in [0.1, 0.15) is 23.5 Å². The van der Waals surface area contributed by atoms with Gasteiger partial charge in [0, 0.05) is 6.20 Å². The monoisotopic (exact) mass is 277 g/mol. The lowest BCUT2D eigenvalue weighted by Crippen LogP contribution is -2.27. The Hall–Kier alpha value is -2.87. The van der Waals surface area contributed by atoms with Gasteiger partial charge in [-0.15, -0.1) is 0 Å². The summed E-state index contributed by atoms with van der Waals surface area (Å²) in [6, 6.07) is 10.4. The standard InChI is InChI=1S/C14H8BN3O3/c16-5-9-3-10(6-17)14(18-7-9)21-12-1-2-13-11(4-12)8-20-15(13)19/h1-4,7,19H,8H2. The SMILES string of the molecule is N#Cc1cnc(Oc2ccc3c(c2)COB3O)c(C#N)c1. The van der Waals surface area contributed by atoms with Crippen molar-refractivity contribution >= 4 is 12.6 Å². The first-order chi connectivity index (χ1) is 10.2. The van der Waals surface area contributed by atoms with E-state index in [4.69, 9.17) is 19.9 Å². The molecule has 0 bridgehead atoms. The van der Waals surface area contributed by atoms with Crippen LogP contribution >= 0.6 is 0 Å². The predicted octanol–water partition coefficient (Wildman–Crippen LogP) is 0.835. The number of fused-ring (bicyclic) bond motifs is 1. The van der Waals surface area contributed by atoms with Gasteiger partial charge < -0.3 is 14.4 Å². The second kappa shape index (κ2) is 5.26. The van der Waals surface area contributed by atoms with Crippen LogP contribution in [0.3, 0.4) is 0 Å². The van der Waals surface area contributed by atoms with Crippen molar-refractivity contribution in [1.82, 2.24) is 4.98 Å². The van der Waals surface area contributed by atoms with E-state index in [1.54, 1.807) is 18.2 Å². The highest BCUT2D eigenvalue weighted by molar-refractivity contribution is 6.61. The number of rotatable bonds is 2. The molecule has 3 rings (SSSR count). The summed E-state index contributed by atoms with van der Waals surface area (Å²) >= 11 is 0. The zero-order valence-corrected chi connectivity index (χ0v) is 10.8. The van der Waals surface area contributed by atoms with Crippen molar-refractivity contribution in [3.8, 4) is 23.8 Å². The lowest BCUT2D eigenvalue weighted by atomic mass is 9.80. The van der Waals surface area contributed by atoms with Gasteiger partial charge in [-0.05, 0) is 29.2 Å². The second-order valence-electron chi connectivity index (χ2n) is 4.43. The first-order valence-corrected chi connectivity index (χ1v) is 6.12. The minimum Gasteiger partial charge on any atom is -0.438 e. The fourth-order valence-corrected chi connectivity index (χ4v) is 2.06. The summed E-state index contributed by atoms with van der Waals surface area (Å²) in [7, 11) is -0.906. The molecule has 0 radical (unpaired) electrons. The van der Waals surface area contributed by atoms with Crippen LogP contribution in [0.2, 0.25) is 0 Å². The van der Waals surface area contributed by atoms with Crippen LogP contribution in [0.5, 0.6) is 11.6 Å². The van der Waals surface area contributed by atoms with E-state index >= 15 is 0 Å². The van der Waals surface area contributed by atoms with E-state index in [9.17, 15) is 5.02 Å². The van der Waals surface area contributed by atoms with Crippen LogP contribution in [0.1, 0.15) is 16.7 Å². The maximum atomic E-state index is 9.55. The topological polar surface area (TPSA) is 99.2 Å². The summed E-state index contributed by atoms with van der Waals surface area (Å²) in [6.45, 7) is 0.305. The Morgan fingerprint density at radius 3 is 2.90 bits per heavy atom. The number of hydrogen-bond donors (Lipinski definition) is 1. The maximum Gasteiger partial charge on any atom is 0.491 e. The molecule has 0 saturated heterocycles. The number of pyridine rings is 1. The average Bonchev–Trinajstić information content (AvgIpc) is 2.88. The molecular formula is C14H8BN3O3. The molecule has 1 aliphatic rings. The highest BCUT2D eigenvalue weighted by atomic mass is 16.5. The van der Waals surface area contributed by atoms with E-state index in [0.717, 1.165) is 5.56 Å². The maximum absolute atomic E-state index is 9.55. The largest absolute Gasteiger partial charge is 0.491 e. The van der Waals surface area contributed by atoms with Crippen LogP contribution in [0.15, 0.2) is 30.5 Å². The zero-order chi connectivity index (χ0) is 14.8. The van der Waals surface area contributed by atoms with Gasteiger partial charge in [0.25, 0.3) is 0 Å². The average molecular weight is 277 g/mol. The molecule has 0 atom stereocenters. The summed E-state index contributed by atoms with van der Waals surface area (Å²) in [6.07, 6.45) is 1.34. The Kier molecular flexibility index (Phi) is 3.29. The highest BCUT2D eigenvalue weighted by Crippen LogP contribution is 2.25. The smallest absolute Gasteiger partial charge is 0.438 e. The van der Waals surface area contributed by atoms with Gasteiger partial charge in [-0.25, -0.2) is 4.98 Å². The third kappa shape index (κ3) is 2.44. The molecule has 1 aliphatic heterocycles. The molecule has 0 aliphatic carbocycles. The Morgan fingerprint density at radius 2 is 2.14 bits per heavy atom. The van der Waals surface area contributed by atoms with E-state index in [2.05, 4.69) is 4.98 Å². The molecule has 0 saturated carbocycles. The Balaban J connectivity index is 1.91. The lowest BCUT2D eigenvalue weighted by molar-refractivity contribution is 0.275. The van der Waals surface area contributed by atoms with Crippen molar-refractivity contribution < 1.29 is 14.4 Å². The molecular weight excluding hydrogens is 269 g/mol. The summed E-state index contributed by atoms with van der Waals surface area (Å²) in [4.78, 5) is 3.98. The van der Waals surface area contributed by atoms with Crippen LogP contribution in [0, 0.1) is 22.7 Å². The summed E-state index contributed by atoms with van der Waals surface area (Å²) in [5.74, 6) is 0.621. The molecule has 2 aromatic rings. The fourth-order valence-electron chi connectivity index (χ4n) is 2.06.